The fourth-order valence-electron chi connectivity index (χ4n) is 3.50. The molecule has 5 rings (SSSR count). The topological polar surface area (TPSA) is 92.3 Å². The second-order valence-corrected chi connectivity index (χ2v) is 7.13. The average Bonchev–Trinajstić information content (AvgIpc) is 3.44. The van der Waals surface area contributed by atoms with Crippen LogP contribution in [0.4, 0.5) is 4.39 Å². The van der Waals surface area contributed by atoms with Crippen LogP contribution in [0.15, 0.2) is 80.9 Å². The van der Waals surface area contributed by atoms with Gasteiger partial charge in [-0.05, 0) is 60.0 Å². The van der Waals surface area contributed by atoms with Crippen molar-refractivity contribution in [1.29, 1.82) is 0 Å². The first kappa shape index (κ1) is 18.8. The largest absolute Gasteiger partial charge is 0.467 e. The maximum Gasteiger partial charge on any atom is 0.254 e. The minimum absolute atomic E-state index is 0.0383. The van der Waals surface area contributed by atoms with Crippen LogP contribution in [0.25, 0.3) is 22.0 Å². The van der Waals surface area contributed by atoms with Crippen LogP contribution in [-0.4, -0.2) is 20.8 Å². The van der Waals surface area contributed by atoms with E-state index in [0.717, 1.165) is 0 Å². The Hall–Kier alpha value is -4.20. The molecule has 3 aromatic heterocycles. The molecule has 0 radical (unpaired) electrons. The van der Waals surface area contributed by atoms with Gasteiger partial charge in [0.05, 0.1) is 24.9 Å². The first-order valence-electron chi connectivity index (χ1n) is 9.53. The highest BCUT2D eigenvalue weighted by Gasteiger charge is 2.20. The zero-order valence-corrected chi connectivity index (χ0v) is 16.2. The van der Waals surface area contributed by atoms with Gasteiger partial charge in [0, 0.05) is 11.1 Å². The summed E-state index contributed by atoms with van der Waals surface area (Å²) in [4.78, 5) is 34.2. The predicted octanol–water partition coefficient (Wildman–Crippen LogP) is 4.24. The van der Waals surface area contributed by atoms with Crippen LogP contribution in [0.5, 0.6) is 0 Å². The molecule has 0 aliphatic heterocycles. The first-order valence-corrected chi connectivity index (χ1v) is 9.53. The number of benzene rings is 2. The van der Waals surface area contributed by atoms with Gasteiger partial charge in [0.2, 0.25) is 0 Å². The van der Waals surface area contributed by atoms with Crippen LogP contribution in [0.2, 0.25) is 0 Å². The molecule has 1 N–H and O–H groups in total. The Morgan fingerprint density at radius 3 is 2.81 bits per heavy atom. The van der Waals surface area contributed by atoms with Gasteiger partial charge in [-0.2, -0.15) is 0 Å². The molecule has 0 unspecified atom stereocenters. The molecule has 8 heteroatoms. The number of H-pyrrole nitrogens is 1. The molecule has 0 bridgehead atoms. The monoisotopic (exact) mass is 417 g/mol. The number of oxazole rings is 1. The standard InChI is InChI=1S/C23H16FN3O4/c24-17-5-3-14-8-16(22(28)26-20(14)10-17)11-27(12-18-2-1-7-30-18)23(29)15-4-6-19-21(9-15)31-13-25-19/h1-10,13H,11-12H2,(H,26,28). The number of fused-ring (bicyclic) bond motifs is 2. The van der Waals surface area contributed by atoms with Crippen LogP contribution < -0.4 is 5.56 Å². The molecule has 154 valence electrons. The average molecular weight is 417 g/mol. The molecule has 0 fully saturated rings. The summed E-state index contributed by atoms with van der Waals surface area (Å²) in [6, 6.07) is 14.3. The van der Waals surface area contributed by atoms with E-state index in [2.05, 4.69) is 9.97 Å². The number of pyridine rings is 1. The number of hydrogen-bond acceptors (Lipinski definition) is 5. The number of nitrogens with one attached hydrogen (secondary N) is 1. The number of carbonyl (C=O) groups is 1. The molecule has 0 spiro atoms. The number of aromatic nitrogens is 2. The van der Waals surface area contributed by atoms with Crippen molar-refractivity contribution in [3.8, 4) is 0 Å². The fourth-order valence-corrected chi connectivity index (χ4v) is 3.50. The molecule has 0 saturated heterocycles. The number of rotatable bonds is 5. The normalized spacial score (nSPS) is 11.3. The van der Waals surface area contributed by atoms with Crippen molar-refractivity contribution in [2.45, 2.75) is 13.1 Å². The second kappa shape index (κ2) is 7.56. The number of aromatic amines is 1. The summed E-state index contributed by atoms with van der Waals surface area (Å²) in [6.45, 7) is 0.206. The quantitative estimate of drug-likeness (QED) is 0.462. The minimum Gasteiger partial charge on any atom is -0.467 e. The third-order valence-electron chi connectivity index (χ3n) is 5.04. The number of halogens is 1. The van der Waals surface area contributed by atoms with Gasteiger partial charge in [0.15, 0.2) is 12.0 Å². The zero-order valence-electron chi connectivity index (χ0n) is 16.2. The van der Waals surface area contributed by atoms with Gasteiger partial charge in [-0.25, -0.2) is 9.37 Å². The van der Waals surface area contributed by atoms with Crippen LogP contribution in [0, 0.1) is 5.82 Å². The second-order valence-electron chi connectivity index (χ2n) is 7.13. The number of carbonyl (C=O) groups excluding carboxylic acids is 1. The number of amides is 1. The Morgan fingerprint density at radius 2 is 1.97 bits per heavy atom. The summed E-state index contributed by atoms with van der Waals surface area (Å²) < 4.78 is 24.2. The van der Waals surface area contributed by atoms with E-state index in [-0.39, 0.29) is 24.6 Å². The van der Waals surface area contributed by atoms with Gasteiger partial charge in [0.1, 0.15) is 17.1 Å². The van der Waals surface area contributed by atoms with Crippen LogP contribution in [0.1, 0.15) is 21.7 Å². The van der Waals surface area contributed by atoms with Crippen LogP contribution in [-0.2, 0) is 13.1 Å². The lowest BCUT2D eigenvalue weighted by atomic mass is 10.1. The van der Waals surface area contributed by atoms with E-state index in [0.29, 0.717) is 38.9 Å². The van der Waals surface area contributed by atoms with Crippen LogP contribution in [0.3, 0.4) is 0 Å². The van der Waals surface area contributed by atoms with Crippen LogP contribution >= 0.6 is 0 Å². The molecule has 1 amide bonds. The minimum atomic E-state index is -0.437. The van der Waals surface area contributed by atoms with E-state index < -0.39 is 5.82 Å². The molecule has 0 aliphatic carbocycles. The first-order chi connectivity index (χ1) is 15.1. The Balaban J connectivity index is 1.52. The molecule has 0 saturated carbocycles. The molecule has 3 heterocycles. The van der Waals surface area contributed by atoms with Gasteiger partial charge < -0.3 is 18.7 Å². The van der Waals surface area contributed by atoms with Crippen molar-refractivity contribution >= 4 is 27.9 Å². The Bertz CT molecular complexity index is 1450. The summed E-state index contributed by atoms with van der Waals surface area (Å²) in [6.07, 6.45) is 2.84. The molecular formula is C23H16FN3O4. The number of furan rings is 1. The third-order valence-corrected chi connectivity index (χ3v) is 5.04. The lowest BCUT2D eigenvalue weighted by molar-refractivity contribution is 0.0717. The lowest BCUT2D eigenvalue weighted by Crippen LogP contribution is -2.32. The van der Waals surface area contributed by atoms with Crippen molar-refractivity contribution in [3.05, 3.63) is 100 Å². The summed E-state index contributed by atoms with van der Waals surface area (Å²) in [5.74, 6) is -0.157. The summed E-state index contributed by atoms with van der Waals surface area (Å²) in [5.41, 5.74) is 1.92. The van der Waals surface area contributed by atoms with E-state index in [1.165, 1.54) is 29.7 Å². The van der Waals surface area contributed by atoms with Gasteiger partial charge in [-0.3, -0.25) is 9.59 Å². The molecular weight excluding hydrogens is 401 g/mol. The maximum absolute atomic E-state index is 13.5. The summed E-state index contributed by atoms with van der Waals surface area (Å²) in [7, 11) is 0. The Kier molecular flexibility index (Phi) is 4.59. The van der Waals surface area contributed by atoms with Gasteiger partial charge in [0.25, 0.3) is 11.5 Å². The van der Waals surface area contributed by atoms with Crippen molar-refractivity contribution in [2.75, 3.05) is 0 Å². The summed E-state index contributed by atoms with van der Waals surface area (Å²) >= 11 is 0. The van der Waals surface area contributed by atoms with E-state index in [9.17, 15) is 14.0 Å². The molecule has 7 nitrogen and oxygen atoms in total. The van der Waals surface area contributed by atoms with E-state index >= 15 is 0 Å². The lowest BCUT2D eigenvalue weighted by Gasteiger charge is -2.22. The highest BCUT2D eigenvalue weighted by Crippen LogP contribution is 2.19. The number of nitrogens with zero attached hydrogens (tertiary/aromatic N) is 2. The predicted molar refractivity (Wildman–Crippen MR) is 111 cm³/mol. The van der Waals surface area contributed by atoms with Crippen molar-refractivity contribution in [1.82, 2.24) is 14.9 Å². The van der Waals surface area contributed by atoms with Crippen molar-refractivity contribution in [3.63, 3.8) is 0 Å². The molecule has 0 aliphatic rings. The SMILES string of the molecule is O=C(c1ccc2ncoc2c1)N(Cc1ccco1)Cc1cc2ccc(F)cc2[nH]c1=O. The van der Waals surface area contributed by atoms with Crippen molar-refractivity contribution in [2.24, 2.45) is 0 Å². The smallest absolute Gasteiger partial charge is 0.254 e. The number of hydrogen-bond donors (Lipinski definition) is 1. The zero-order chi connectivity index (χ0) is 21.4. The fraction of sp³-hybridized carbons (Fsp3) is 0.0870. The highest BCUT2D eigenvalue weighted by molar-refractivity contribution is 5.97. The highest BCUT2D eigenvalue weighted by atomic mass is 19.1. The van der Waals surface area contributed by atoms with Gasteiger partial charge in [-0.1, -0.05) is 0 Å². The molecule has 0 atom stereocenters. The van der Waals surface area contributed by atoms with E-state index in [1.54, 1.807) is 42.5 Å². The Labute approximate surface area is 174 Å². The summed E-state index contributed by atoms with van der Waals surface area (Å²) in [5, 5.41) is 0.671. The molecule has 2 aromatic carbocycles. The van der Waals surface area contributed by atoms with Crippen molar-refractivity contribution < 1.29 is 18.0 Å². The van der Waals surface area contributed by atoms with Gasteiger partial charge in [-0.15, -0.1) is 0 Å². The molecule has 5 aromatic rings. The van der Waals surface area contributed by atoms with E-state index in [1.807, 2.05) is 0 Å². The van der Waals surface area contributed by atoms with Gasteiger partial charge >= 0.3 is 0 Å². The third kappa shape index (κ3) is 3.71. The maximum atomic E-state index is 13.5. The van der Waals surface area contributed by atoms with E-state index in [4.69, 9.17) is 8.83 Å². The molecule has 31 heavy (non-hydrogen) atoms. The Morgan fingerprint density at radius 1 is 1.06 bits per heavy atom.